The zero-order valence-electron chi connectivity index (χ0n) is 14.3. The molecular formula is C19H18N2O2S2. The van der Waals surface area contributed by atoms with Crippen LogP contribution in [0.15, 0.2) is 40.1 Å². The molecule has 1 aromatic carbocycles. The lowest BCUT2D eigenvalue weighted by atomic mass is 10.1. The van der Waals surface area contributed by atoms with Crippen LogP contribution in [0.25, 0.3) is 11.3 Å². The van der Waals surface area contributed by atoms with Crippen molar-refractivity contribution < 1.29 is 9.59 Å². The minimum absolute atomic E-state index is 0.0189. The summed E-state index contributed by atoms with van der Waals surface area (Å²) in [6.07, 6.45) is 0. The van der Waals surface area contributed by atoms with Crippen molar-refractivity contribution in [1.82, 2.24) is 9.97 Å². The first-order valence-corrected chi connectivity index (χ1v) is 9.71. The van der Waals surface area contributed by atoms with Gasteiger partial charge in [0.05, 0.1) is 17.1 Å². The number of nitrogens with zero attached hydrogens (tertiary/aromatic N) is 1. The van der Waals surface area contributed by atoms with E-state index in [1.165, 1.54) is 30.0 Å². The van der Waals surface area contributed by atoms with Gasteiger partial charge in [0.2, 0.25) is 0 Å². The van der Waals surface area contributed by atoms with Gasteiger partial charge in [0.15, 0.2) is 15.9 Å². The van der Waals surface area contributed by atoms with Gasteiger partial charge in [-0.05, 0) is 26.3 Å². The molecule has 25 heavy (non-hydrogen) atoms. The molecule has 0 saturated heterocycles. The number of H-pyrrole nitrogens is 1. The summed E-state index contributed by atoms with van der Waals surface area (Å²) < 4.78 is 0.861. The average molecular weight is 370 g/mol. The van der Waals surface area contributed by atoms with Crippen LogP contribution in [0.2, 0.25) is 0 Å². The Balaban J connectivity index is 1.70. The van der Waals surface area contributed by atoms with E-state index in [4.69, 9.17) is 0 Å². The van der Waals surface area contributed by atoms with Gasteiger partial charge in [-0.1, -0.05) is 42.1 Å². The van der Waals surface area contributed by atoms with E-state index in [2.05, 4.69) is 9.97 Å². The van der Waals surface area contributed by atoms with E-state index >= 15 is 0 Å². The number of aryl methyl sites for hydroxylation is 1. The summed E-state index contributed by atoms with van der Waals surface area (Å²) >= 11 is 2.96. The van der Waals surface area contributed by atoms with Crippen LogP contribution in [0.3, 0.4) is 0 Å². The van der Waals surface area contributed by atoms with Gasteiger partial charge in [0.25, 0.3) is 0 Å². The third kappa shape index (κ3) is 3.75. The summed E-state index contributed by atoms with van der Waals surface area (Å²) in [4.78, 5) is 31.9. The van der Waals surface area contributed by atoms with E-state index < -0.39 is 0 Å². The van der Waals surface area contributed by atoms with Crippen LogP contribution in [0.1, 0.15) is 39.0 Å². The molecule has 1 N–H and O–H groups in total. The predicted octanol–water partition coefficient (Wildman–Crippen LogP) is 4.93. The van der Waals surface area contributed by atoms with Crippen LogP contribution >= 0.6 is 23.1 Å². The van der Waals surface area contributed by atoms with E-state index in [1.54, 1.807) is 0 Å². The number of benzene rings is 1. The first-order chi connectivity index (χ1) is 12.0. The molecule has 0 atom stereocenters. The molecule has 0 amide bonds. The number of thioether (sulfide) groups is 1. The number of thiazole rings is 1. The Hall–Kier alpha value is -2.18. The maximum absolute atomic E-state index is 12.5. The number of Topliss-reactive ketones (excluding diaryl/α,β-unsaturated/α-hetero) is 2. The van der Waals surface area contributed by atoms with Crippen molar-refractivity contribution in [3.8, 4) is 11.3 Å². The molecule has 128 valence electrons. The Kier molecular flexibility index (Phi) is 5.20. The van der Waals surface area contributed by atoms with E-state index in [9.17, 15) is 9.59 Å². The van der Waals surface area contributed by atoms with Crippen LogP contribution in [-0.4, -0.2) is 27.3 Å². The minimum Gasteiger partial charge on any atom is -0.355 e. The zero-order chi connectivity index (χ0) is 18.0. The summed E-state index contributed by atoms with van der Waals surface area (Å²) in [6.45, 7) is 5.16. The van der Waals surface area contributed by atoms with E-state index in [0.29, 0.717) is 17.0 Å². The minimum atomic E-state index is -0.0228. The number of carbonyl (C=O) groups is 2. The standard InChI is InChI=1S/C19H18N2O2S2/c1-11-17(13(3)22)12(2)20-18(11)16(23)10-25-19-21-15(9-24-19)14-7-5-4-6-8-14/h4-9,20H,10H2,1-3H3. The Bertz CT molecular complexity index is 926. The van der Waals surface area contributed by atoms with Crippen molar-refractivity contribution in [2.45, 2.75) is 25.1 Å². The summed E-state index contributed by atoms with van der Waals surface area (Å²) in [6, 6.07) is 9.97. The van der Waals surface area contributed by atoms with Gasteiger partial charge in [-0.2, -0.15) is 0 Å². The molecule has 0 saturated carbocycles. The Morgan fingerprint density at radius 3 is 2.56 bits per heavy atom. The van der Waals surface area contributed by atoms with E-state index in [0.717, 1.165) is 26.9 Å². The lowest BCUT2D eigenvalue weighted by Gasteiger charge is -2.00. The third-order valence-corrected chi connectivity index (χ3v) is 5.97. The highest BCUT2D eigenvalue weighted by Gasteiger charge is 2.20. The second kappa shape index (κ2) is 7.37. The number of nitrogens with one attached hydrogen (secondary N) is 1. The maximum Gasteiger partial charge on any atom is 0.189 e. The zero-order valence-corrected chi connectivity index (χ0v) is 15.9. The summed E-state index contributed by atoms with van der Waals surface area (Å²) in [5.74, 6) is 0.250. The number of aromatic nitrogens is 2. The van der Waals surface area contributed by atoms with Crippen LogP contribution < -0.4 is 0 Å². The molecule has 0 spiro atoms. The molecule has 0 unspecified atom stereocenters. The van der Waals surface area contributed by atoms with Gasteiger partial charge in [-0.15, -0.1) is 11.3 Å². The van der Waals surface area contributed by atoms with Crippen LogP contribution in [0.5, 0.6) is 0 Å². The first-order valence-electron chi connectivity index (χ1n) is 7.84. The van der Waals surface area contributed by atoms with Crippen LogP contribution in [-0.2, 0) is 0 Å². The van der Waals surface area contributed by atoms with Crippen molar-refractivity contribution in [3.63, 3.8) is 0 Å². The fourth-order valence-corrected chi connectivity index (χ4v) is 4.53. The van der Waals surface area contributed by atoms with Crippen molar-refractivity contribution in [3.05, 3.63) is 58.2 Å². The highest BCUT2D eigenvalue weighted by molar-refractivity contribution is 8.01. The third-order valence-electron chi connectivity index (χ3n) is 3.95. The van der Waals surface area contributed by atoms with Crippen LogP contribution in [0.4, 0.5) is 0 Å². The quantitative estimate of drug-likeness (QED) is 0.493. The van der Waals surface area contributed by atoms with Gasteiger partial charge in [0, 0.05) is 22.2 Å². The Morgan fingerprint density at radius 2 is 1.92 bits per heavy atom. The monoisotopic (exact) mass is 370 g/mol. The van der Waals surface area contributed by atoms with Gasteiger partial charge in [-0.3, -0.25) is 9.59 Å². The lowest BCUT2D eigenvalue weighted by Crippen LogP contribution is -2.05. The molecule has 0 aliphatic heterocycles. The van der Waals surface area contributed by atoms with Crippen molar-refractivity contribution >= 4 is 34.7 Å². The number of rotatable bonds is 6. The molecule has 0 fully saturated rings. The number of hydrogen-bond acceptors (Lipinski definition) is 5. The number of carbonyl (C=O) groups excluding carboxylic acids is 2. The topological polar surface area (TPSA) is 62.8 Å². The fourth-order valence-electron chi connectivity index (χ4n) is 2.82. The largest absolute Gasteiger partial charge is 0.355 e. The van der Waals surface area contributed by atoms with E-state index in [-0.39, 0.29) is 11.6 Å². The van der Waals surface area contributed by atoms with Gasteiger partial charge < -0.3 is 4.98 Å². The molecule has 0 bridgehead atoms. The van der Waals surface area contributed by atoms with Crippen LogP contribution in [0, 0.1) is 13.8 Å². The highest BCUT2D eigenvalue weighted by atomic mass is 32.2. The van der Waals surface area contributed by atoms with Gasteiger partial charge in [-0.25, -0.2) is 4.98 Å². The lowest BCUT2D eigenvalue weighted by molar-refractivity contribution is 0.101. The Morgan fingerprint density at radius 1 is 1.20 bits per heavy atom. The van der Waals surface area contributed by atoms with Crippen molar-refractivity contribution in [1.29, 1.82) is 0 Å². The Labute approximate surface area is 154 Å². The summed E-state index contributed by atoms with van der Waals surface area (Å²) in [7, 11) is 0. The number of hydrogen-bond donors (Lipinski definition) is 1. The molecule has 2 aromatic heterocycles. The normalized spacial score (nSPS) is 10.8. The maximum atomic E-state index is 12.5. The predicted molar refractivity (Wildman–Crippen MR) is 103 cm³/mol. The van der Waals surface area contributed by atoms with Gasteiger partial charge >= 0.3 is 0 Å². The molecule has 6 heteroatoms. The van der Waals surface area contributed by atoms with Gasteiger partial charge in [0.1, 0.15) is 0 Å². The second-order valence-electron chi connectivity index (χ2n) is 5.76. The molecule has 3 rings (SSSR count). The first kappa shape index (κ1) is 17.6. The second-order valence-corrected chi connectivity index (χ2v) is 7.84. The van der Waals surface area contributed by atoms with Crippen molar-refractivity contribution in [2.75, 3.05) is 5.75 Å². The smallest absolute Gasteiger partial charge is 0.189 e. The fraction of sp³-hybridized carbons (Fsp3) is 0.211. The summed E-state index contributed by atoms with van der Waals surface area (Å²) in [5, 5.41) is 2.00. The molecule has 3 aromatic rings. The van der Waals surface area contributed by atoms with Crippen molar-refractivity contribution in [2.24, 2.45) is 0 Å². The molecule has 4 nitrogen and oxygen atoms in total. The molecule has 0 aliphatic rings. The van der Waals surface area contributed by atoms with E-state index in [1.807, 2.05) is 49.6 Å². The average Bonchev–Trinajstić information content (AvgIpc) is 3.18. The molecule has 0 aliphatic carbocycles. The summed E-state index contributed by atoms with van der Waals surface area (Å²) in [5.41, 5.74) is 4.62. The molecule has 0 radical (unpaired) electrons. The number of ketones is 2. The highest BCUT2D eigenvalue weighted by Crippen LogP contribution is 2.29. The SMILES string of the molecule is CC(=O)c1c(C)[nH]c(C(=O)CSc2nc(-c3ccccc3)cs2)c1C. The number of aromatic amines is 1. The molecular weight excluding hydrogens is 352 g/mol. The molecule has 2 heterocycles.